The van der Waals surface area contributed by atoms with E-state index in [1.807, 2.05) is 20.8 Å². The van der Waals surface area contributed by atoms with Crippen molar-refractivity contribution in [1.29, 1.82) is 0 Å². The third-order valence-corrected chi connectivity index (χ3v) is 4.34. The Hall–Kier alpha value is -1.10. The van der Waals surface area contributed by atoms with Gasteiger partial charge in [0.1, 0.15) is 0 Å². The van der Waals surface area contributed by atoms with E-state index in [0.29, 0.717) is 32.4 Å². The fourth-order valence-electron chi connectivity index (χ4n) is 2.39. The standard InChI is InChI=1S/C13H24N2O3/c1-4-13(12(17)18)5-7-15(8-6-13)11(16)9(2)10(3)14/h9-10H,4-8,14H2,1-3H3,(H,17,18). The van der Waals surface area contributed by atoms with Gasteiger partial charge in [0.25, 0.3) is 0 Å². The van der Waals surface area contributed by atoms with E-state index in [-0.39, 0.29) is 17.9 Å². The van der Waals surface area contributed by atoms with Crippen LogP contribution in [0.4, 0.5) is 0 Å². The van der Waals surface area contributed by atoms with Crippen molar-refractivity contribution < 1.29 is 14.7 Å². The summed E-state index contributed by atoms with van der Waals surface area (Å²) in [5.74, 6) is -0.901. The zero-order valence-electron chi connectivity index (χ0n) is 11.5. The lowest BCUT2D eigenvalue weighted by Crippen LogP contribution is -2.49. The van der Waals surface area contributed by atoms with Crippen LogP contribution in [0, 0.1) is 11.3 Å². The second-order valence-electron chi connectivity index (χ2n) is 5.41. The average molecular weight is 256 g/mol. The lowest BCUT2D eigenvalue weighted by molar-refractivity contribution is -0.155. The lowest BCUT2D eigenvalue weighted by atomic mass is 9.76. The third-order valence-electron chi connectivity index (χ3n) is 4.34. The molecule has 0 saturated carbocycles. The number of piperidine rings is 1. The van der Waals surface area contributed by atoms with Gasteiger partial charge in [-0.1, -0.05) is 13.8 Å². The molecule has 0 bridgehead atoms. The van der Waals surface area contributed by atoms with Crippen LogP contribution in [0.15, 0.2) is 0 Å². The molecule has 1 aliphatic rings. The average Bonchev–Trinajstić information content (AvgIpc) is 2.36. The van der Waals surface area contributed by atoms with E-state index in [1.165, 1.54) is 0 Å². The molecule has 0 spiro atoms. The van der Waals surface area contributed by atoms with Gasteiger partial charge in [-0.15, -0.1) is 0 Å². The minimum atomic E-state index is -0.739. The topological polar surface area (TPSA) is 83.6 Å². The summed E-state index contributed by atoms with van der Waals surface area (Å²) in [5.41, 5.74) is 5.09. The van der Waals surface area contributed by atoms with Gasteiger partial charge in [-0.2, -0.15) is 0 Å². The molecule has 0 aromatic carbocycles. The van der Waals surface area contributed by atoms with Crippen molar-refractivity contribution >= 4 is 11.9 Å². The molecule has 3 N–H and O–H groups in total. The maximum Gasteiger partial charge on any atom is 0.309 e. The Morgan fingerprint density at radius 3 is 2.17 bits per heavy atom. The first-order chi connectivity index (χ1) is 8.34. The van der Waals surface area contributed by atoms with Gasteiger partial charge in [0, 0.05) is 19.1 Å². The molecule has 1 saturated heterocycles. The Balaban J connectivity index is 2.64. The first kappa shape index (κ1) is 15.0. The van der Waals surface area contributed by atoms with Crippen LogP contribution in [-0.2, 0) is 9.59 Å². The molecule has 1 aliphatic heterocycles. The van der Waals surface area contributed by atoms with E-state index < -0.39 is 11.4 Å². The van der Waals surface area contributed by atoms with Crippen molar-refractivity contribution in [2.45, 2.75) is 46.1 Å². The summed E-state index contributed by atoms with van der Waals surface area (Å²) in [7, 11) is 0. The number of amides is 1. The SMILES string of the molecule is CCC1(C(=O)O)CCN(C(=O)C(C)C(C)N)CC1. The number of carbonyl (C=O) groups is 2. The fraction of sp³-hybridized carbons (Fsp3) is 0.846. The molecule has 0 aromatic heterocycles. The summed E-state index contributed by atoms with van der Waals surface area (Å²) >= 11 is 0. The molecule has 1 amide bonds. The Morgan fingerprint density at radius 1 is 1.33 bits per heavy atom. The number of rotatable bonds is 4. The number of hydrogen-bond donors (Lipinski definition) is 2. The number of carboxylic acid groups (broad SMARTS) is 1. The zero-order valence-corrected chi connectivity index (χ0v) is 11.5. The predicted octanol–water partition coefficient (Wildman–Crippen LogP) is 1.07. The van der Waals surface area contributed by atoms with E-state index in [1.54, 1.807) is 4.90 Å². The molecule has 2 unspecified atom stereocenters. The minimum Gasteiger partial charge on any atom is -0.481 e. The van der Waals surface area contributed by atoms with Crippen molar-refractivity contribution in [1.82, 2.24) is 4.90 Å². The highest BCUT2D eigenvalue weighted by molar-refractivity contribution is 5.80. The van der Waals surface area contributed by atoms with Crippen molar-refractivity contribution in [3.8, 4) is 0 Å². The Bertz CT molecular complexity index is 320. The van der Waals surface area contributed by atoms with Crippen LogP contribution in [0.5, 0.6) is 0 Å². The van der Waals surface area contributed by atoms with Gasteiger partial charge < -0.3 is 15.7 Å². The Kier molecular flexibility index (Phi) is 4.73. The van der Waals surface area contributed by atoms with Crippen LogP contribution >= 0.6 is 0 Å². The predicted molar refractivity (Wildman–Crippen MR) is 69.0 cm³/mol. The highest BCUT2D eigenvalue weighted by Crippen LogP contribution is 2.35. The van der Waals surface area contributed by atoms with Crippen LogP contribution in [0.25, 0.3) is 0 Å². The van der Waals surface area contributed by atoms with E-state index in [0.717, 1.165) is 0 Å². The molecule has 104 valence electrons. The molecule has 0 aliphatic carbocycles. The van der Waals surface area contributed by atoms with Crippen LogP contribution in [0.1, 0.15) is 40.0 Å². The van der Waals surface area contributed by atoms with Gasteiger partial charge in [0.15, 0.2) is 0 Å². The number of nitrogens with zero attached hydrogens (tertiary/aromatic N) is 1. The number of hydrogen-bond acceptors (Lipinski definition) is 3. The van der Waals surface area contributed by atoms with Gasteiger partial charge in [-0.05, 0) is 26.2 Å². The van der Waals surface area contributed by atoms with Crippen molar-refractivity contribution in [3.05, 3.63) is 0 Å². The zero-order chi connectivity index (χ0) is 13.9. The van der Waals surface area contributed by atoms with Gasteiger partial charge in [-0.3, -0.25) is 9.59 Å². The molecule has 5 heteroatoms. The van der Waals surface area contributed by atoms with Gasteiger partial charge >= 0.3 is 5.97 Å². The summed E-state index contributed by atoms with van der Waals surface area (Å²) in [6.07, 6.45) is 1.69. The van der Waals surface area contributed by atoms with Crippen LogP contribution in [0.3, 0.4) is 0 Å². The molecule has 5 nitrogen and oxygen atoms in total. The smallest absolute Gasteiger partial charge is 0.309 e. The molecular weight excluding hydrogens is 232 g/mol. The number of carbonyl (C=O) groups excluding carboxylic acids is 1. The summed E-state index contributed by atoms with van der Waals surface area (Å²) in [4.78, 5) is 25.2. The Labute approximate surface area is 108 Å². The molecule has 18 heavy (non-hydrogen) atoms. The highest BCUT2D eigenvalue weighted by Gasteiger charge is 2.41. The monoisotopic (exact) mass is 256 g/mol. The molecule has 0 aromatic rings. The van der Waals surface area contributed by atoms with Crippen molar-refractivity contribution in [2.24, 2.45) is 17.1 Å². The summed E-state index contributed by atoms with van der Waals surface area (Å²) in [6.45, 7) is 6.59. The second-order valence-corrected chi connectivity index (χ2v) is 5.41. The largest absolute Gasteiger partial charge is 0.481 e. The Morgan fingerprint density at radius 2 is 1.83 bits per heavy atom. The molecule has 2 atom stereocenters. The van der Waals surface area contributed by atoms with Gasteiger partial charge in [0.2, 0.25) is 5.91 Å². The molecular formula is C13H24N2O3. The van der Waals surface area contributed by atoms with Crippen LogP contribution in [-0.4, -0.2) is 41.0 Å². The summed E-state index contributed by atoms with van der Waals surface area (Å²) in [5, 5.41) is 9.29. The molecule has 1 heterocycles. The first-order valence-electron chi connectivity index (χ1n) is 6.62. The number of aliphatic carboxylic acids is 1. The maximum atomic E-state index is 12.1. The van der Waals surface area contributed by atoms with E-state index in [4.69, 9.17) is 5.73 Å². The number of likely N-dealkylation sites (tertiary alicyclic amines) is 1. The summed E-state index contributed by atoms with van der Waals surface area (Å²) in [6, 6.07) is -0.171. The van der Waals surface area contributed by atoms with E-state index in [9.17, 15) is 14.7 Å². The lowest BCUT2D eigenvalue weighted by Gasteiger charge is -2.39. The van der Waals surface area contributed by atoms with Gasteiger partial charge in [-0.25, -0.2) is 0 Å². The highest BCUT2D eigenvalue weighted by atomic mass is 16.4. The van der Waals surface area contributed by atoms with Crippen molar-refractivity contribution in [3.63, 3.8) is 0 Å². The third kappa shape index (κ3) is 2.83. The first-order valence-corrected chi connectivity index (χ1v) is 6.62. The molecule has 1 fully saturated rings. The molecule has 0 radical (unpaired) electrons. The number of carboxylic acids is 1. The fourth-order valence-corrected chi connectivity index (χ4v) is 2.39. The maximum absolute atomic E-state index is 12.1. The van der Waals surface area contributed by atoms with Crippen LogP contribution < -0.4 is 5.73 Å². The minimum absolute atomic E-state index is 0.0418. The van der Waals surface area contributed by atoms with Crippen molar-refractivity contribution in [2.75, 3.05) is 13.1 Å². The van der Waals surface area contributed by atoms with Gasteiger partial charge in [0.05, 0.1) is 11.3 Å². The quantitative estimate of drug-likeness (QED) is 0.788. The molecule has 1 rings (SSSR count). The normalized spacial score (nSPS) is 22.3. The number of nitrogens with two attached hydrogens (primary N) is 1. The van der Waals surface area contributed by atoms with E-state index >= 15 is 0 Å². The van der Waals surface area contributed by atoms with E-state index in [2.05, 4.69) is 0 Å². The second kappa shape index (κ2) is 5.69. The van der Waals surface area contributed by atoms with Crippen LogP contribution in [0.2, 0.25) is 0 Å². The summed E-state index contributed by atoms with van der Waals surface area (Å²) < 4.78 is 0.